The van der Waals surface area contributed by atoms with Crippen LogP contribution in [0, 0.1) is 11.2 Å². The van der Waals surface area contributed by atoms with E-state index in [1.807, 2.05) is 42.5 Å². The number of pyridine rings is 1. The van der Waals surface area contributed by atoms with Crippen LogP contribution in [0.2, 0.25) is 0 Å². The average Bonchev–Trinajstić information content (AvgIpc) is 3.13. The second kappa shape index (κ2) is 7.44. The molecule has 0 aliphatic rings. The van der Waals surface area contributed by atoms with Crippen molar-refractivity contribution < 1.29 is 8.81 Å². The molecule has 0 unspecified atom stereocenters. The maximum atomic E-state index is 15.5. The van der Waals surface area contributed by atoms with Crippen LogP contribution in [0.5, 0.6) is 0 Å². The van der Waals surface area contributed by atoms with Crippen molar-refractivity contribution in [1.82, 2.24) is 4.98 Å². The third-order valence-electron chi connectivity index (χ3n) is 6.04. The molecule has 32 heavy (non-hydrogen) atoms. The Bertz CT molecular complexity index is 1470. The number of para-hydroxylation sites is 1. The highest BCUT2D eigenvalue weighted by atomic mass is 19.1. The van der Waals surface area contributed by atoms with Gasteiger partial charge in [0.25, 0.3) is 0 Å². The fourth-order valence-electron chi connectivity index (χ4n) is 4.46. The van der Waals surface area contributed by atoms with Crippen molar-refractivity contribution in [3.05, 3.63) is 77.7 Å². The van der Waals surface area contributed by atoms with E-state index in [1.54, 1.807) is 0 Å². The van der Waals surface area contributed by atoms with Crippen molar-refractivity contribution >= 4 is 32.7 Å². The van der Waals surface area contributed by atoms with Crippen LogP contribution in [0.1, 0.15) is 51.8 Å². The van der Waals surface area contributed by atoms with Gasteiger partial charge in [-0.15, -0.1) is 0 Å². The molecule has 2 aromatic heterocycles. The molecule has 0 aliphatic heterocycles. The summed E-state index contributed by atoms with van der Waals surface area (Å²) >= 11 is 0. The van der Waals surface area contributed by atoms with Crippen molar-refractivity contribution in [3.8, 4) is 11.3 Å². The molecule has 2 nitrogen and oxygen atoms in total. The highest BCUT2D eigenvalue weighted by Crippen LogP contribution is 2.41. The SMILES string of the molecule is CC(C)c1cc(-c2nc(CC(C)(C)C)c(F)c3ccccc23)c2oc3ccccc3c2c1. The van der Waals surface area contributed by atoms with E-state index in [9.17, 15) is 0 Å². The van der Waals surface area contributed by atoms with Gasteiger partial charge in [0.15, 0.2) is 5.82 Å². The third-order valence-corrected chi connectivity index (χ3v) is 6.04. The van der Waals surface area contributed by atoms with Gasteiger partial charge < -0.3 is 4.42 Å². The topological polar surface area (TPSA) is 26.0 Å². The molecule has 0 saturated carbocycles. The predicted octanol–water partition coefficient (Wildman–Crippen LogP) is 8.65. The summed E-state index contributed by atoms with van der Waals surface area (Å²) in [5.41, 5.74) is 5.01. The number of hydrogen-bond acceptors (Lipinski definition) is 2. The maximum Gasteiger partial charge on any atom is 0.152 e. The van der Waals surface area contributed by atoms with E-state index in [-0.39, 0.29) is 11.2 Å². The molecule has 0 aliphatic carbocycles. The Kier molecular flexibility index (Phi) is 4.81. The van der Waals surface area contributed by atoms with Gasteiger partial charge in [-0.25, -0.2) is 9.37 Å². The van der Waals surface area contributed by atoms with Crippen LogP contribution in [0.15, 0.2) is 65.1 Å². The summed E-state index contributed by atoms with van der Waals surface area (Å²) in [6, 6.07) is 20.1. The molecule has 2 heterocycles. The molecule has 0 radical (unpaired) electrons. The molecule has 3 heteroatoms. The molecule has 0 atom stereocenters. The molecule has 0 spiro atoms. The monoisotopic (exact) mass is 425 g/mol. The molecule has 3 aromatic carbocycles. The normalized spacial score (nSPS) is 12.5. The zero-order chi connectivity index (χ0) is 22.6. The van der Waals surface area contributed by atoms with Crippen LogP contribution in [-0.2, 0) is 6.42 Å². The van der Waals surface area contributed by atoms with Gasteiger partial charge in [0, 0.05) is 27.1 Å². The Hall–Kier alpha value is -3.20. The highest BCUT2D eigenvalue weighted by molar-refractivity contribution is 6.12. The van der Waals surface area contributed by atoms with E-state index < -0.39 is 0 Å². The summed E-state index contributed by atoms with van der Waals surface area (Å²) in [4.78, 5) is 4.94. The summed E-state index contributed by atoms with van der Waals surface area (Å²) in [5.74, 6) is 0.118. The zero-order valence-electron chi connectivity index (χ0n) is 19.3. The molecule has 5 aromatic rings. The first-order valence-electron chi connectivity index (χ1n) is 11.3. The maximum absolute atomic E-state index is 15.5. The summed E-state index contributed by atoms with van der Waals surface area (Å²) in [5, 5.41) is 3.59. The number of furan rings is 1. The van der Waals surface area contributed by atoms with Gasteiger partial charge in [0.1, 0.15) is 11.2 Å². The van der Waals surface area contributed by atoms with Gasteiger partial charge in [-0.3, -0.25) is 0 Å². The number of benzene rings is 3. The van der Waals surface area contributed by atoms with Gasteiger partial charge in [-0.05, 0) is 41.5 Å². The van der Waals surface area contributed by atoms with Gasteiger partial charge in [-0.2, -0.15) is 0 Å². The summed E-state index contributed by atoms with van der Waals surface area (Å²) < 4.78 is 21.9. The minimum Gasteiger partial charge on any atom is -0.455 e. The first kappa shape index (κ1) is 20.7. The van der Waals surface area contributed by atoms with Crippen LogP contribution in [-0.4, -0.2) is 4.98 Å². The fraction of sp³-hybridized carbons (Fsp3) is 0.276. The standard InChI is InChI=1S/C29H28FNO/c1-17(2)18-14-22-19-10-8-9-13-25(19)32-28(22)23(15-18)27-21-12-7-6-11-20(21)26(30)24(31-27)16-29(3,4)5/h6-15,17H,16H2,1-5H3. The quantitative estimate of drug-likeness (QED) is 0.289. The lowest BCUT2D eigenvalue weighted by Gasteiger charge is -2.20. The number of halogens is 1. The van der Waals surface area contributed by atoms with Crippen LogP contribution in [0.3, 0.4) is 0 Å². The molecular formula is C29H28FNO. The first-order valence-corrected chi connectivity index (χ1v) is 11.3. The second-order valence-corrected chi connectivity index (χ2v) is 10.2. The number of nitrogens with zero attached hydrogens (tertiary/aromatic N) is 1. The van der Waals surface area contributed by atoms with Crippen molar-refractivity contribution in [1.29, 1.82) is 0 Å². The lowest BCUT2D eigenvalue weighted by Crippen LogP contribution is -2.13. The third kappa shape index (κ3) is 3.46. The van der Waals surface area contributed by atoms with E-state index in [1.165, 1.54) is 5.56 Å². The largest absolute Gasteiger partial charge is 0.455 e. The van der Waals surface area contributed by atoms with Crippen molar-refractivity contribution in [2.24, 2.45) is 5.41 Å². The van der Waals surface area contributed by atoms with Crippen LogP contribution in [0.4, 0.5) is 4.39 Å². The van der Waals surface area contributed by atoms with Crippen molar-refractivity contribution in [3.63, 3.8) is 0 Å². The molecule has 0 fully saturated rings. The van der Waals surface area contributed by atoms with Crippen LogP contribution in [0.25, 0.3) is 44.0 Å². The van der Waals surface area contributed by atoms with Gasteiger partial charge in [-0.1, -0.05) is 77.1 Å². The smallest absolute Gasteiger partial charge is 0.152 e. The van der Waals surface area contributed by atoms with E-state index in [2.05, 4.69) is 52.8 Å². The Morgan fingerprint density at radius 3 is 2.22 bits per heavy atom. The molecule has 0 saturated heterocycles. The van der Waals surface area contributed by atoms with Crippen molar-refractivity contribution in [2.45, 2.75) is 47.0 Å². The van der Waals surface area contributed by atoms with E-state index in [0.29, 0.717) is 23.4 Å². The Morgan fingerprint density at radius 2 is 1.53 bits per heavy atom. The molecule has 162 valence electrons. The Labute approximate surface area is 188 Å². The minimum absolute atomic E-state index is 0.0813. The van der Waals surface area contributed by atoms with Gasteiger partial charge >= 0.3 is 0 Å². The molecule has 0 N–H and O–H groups in total. The highest BCUT2D eigenvalue weighted by Gasteiger charge is 2.23. The number of rotatable bonds is 3. The summed E-state index contributed by atoms with van der Waals surface area (Å²) in [7, 11) is 0. The van der Waals surface area contributed by atoms with E-state index in [0.717, 1.165) is 38.6 Å². The molecule has 0 bridgehead atoms. The molecule has 5 rings (SSSR count). The van der Waals surface area contributed by atoms with Gasteiger partial charge in [0.2, 0.25) is 0 Å². The first-order chi connectivity index (χ1) is 15.2. The van der Waals surface area contributed by atoms with E-state index >= 15 is 4.39 Å². The minimum atomic E-state index is -0.222. The van der Waals surface area contributed by atoms with Crippen molar-refractivity contribution in [2.75, 3.05) is 0 Å². The number of aromatic nitrogens is 1. The second-order valence-electron chi connectivity index (χ2n) is 10.2. The lowest BCUT2D eigenvalue weighted by molar-refractivity contribution is 0.397. The molecule has 0 amide bonds. The van der Waals surface area contributed by atoms with Crippen LogP contribution >= 0.6 is 0 Å². The Balaban J connectivity index is 1.91. The Morgan fingerprint density at radius 1 is 0.875 bits per heavy atom. The summed E-state index contributed by atoms with van der Waals surface area (Å²) in [6.07, 6.45) is 0.559. The zero-order valence-corrected chi connectivity index (χ0v) is 19.3. The van der Waals surface area contributed by atoms with E-state index in [4.69, 9.17) is 9.40 Å². The molecular weight excluding hydrogens is 397 g/mol. The van der Waals surface area contributed by atoms with Crippen LogP contribution < -0.4 is 0 Å². The van der Waals surface area contributed by atoms with Gasteiger partial charge in [0.05, 0.1) is 11.4 Å². The predicted molar refractivity (Wildman–Crippen MR) is 132 cm³/mol. The summed E-state index contributed by atoms with van der Waals surface area (Å²) in [6.45, 7) is 10.7. The fourth-order valence-corrected chi connectivity index (χ4v) is 4.46. The lowest BCUT2D eigenvalue weighted by atomic mass is 9.88. The number of hydrogen-bond donors (Lipinski definition) is 0. The number of fused-ring (bicyclic) bond motifs is 4. The average molecular weight is 426 g/mol.